The molecule has 0 atom stereocenters. The molecule has 0 unspecified atom stereocenters. The zero-order valence-electron chi connectivity index (χ0n) is 11.8. The Morgan fingerprint density at radius 2 is 1.90 bits per heavy atom. The van der Waals surface area contributed by atoms with Crippen molar-refractivity contribution in [2.75, 3.05) is 5.32 Å². The Bertz CT molecular complexity index is 642. The highest BCUT2D eigenvalue weighted by atomic mass is 19.4. The number of fused-ring (bicyclic) bond motifs is 1. The van der Waals surface area contributed by atoms with Crippen molar-refractivity contribution in [3.8, 4) is 0 Å². The minimum Gasteiger partial charge on any atom is -0.351 e. The fourth-order valence-corrected chi connectivity index (χ4v) is 2.27. The Morgan fingerprint density at radius 1 is 1.24 bits per heavy atom. The molecular formula is C15H17F3N2O. The maximum atomic E-state index is 12.6. The van der Waals surface area contributed by atoms with Crippen LogP contribution in [-0.4, -0.2) is 10.9 Å². The lowest BCUT2D eigenvalue weighted by Gasteiger charge is -2.12. The van der Waals surface area contributed by atoms with Gasteiger partial charge in [0.25, 0.3) is 0 Å². The summed E-state index contributed by atoms with van der Waals surface area (Å²) >= 11 is 0. The van der Waals surface area contributed by atoms with Crippen LogP contribution in [0, 0.1) is 5.92 Å². The molecule has 1 aromatic carbocycles. The van der Waals surface area contributed by atoms with Gasteiger partial charge in [-0.1, -0.05) is 13.8 Å². The molecule has 0 saturated carbocycles. The molecule has 0 aliphatic heterocycles. The number of halogens is 3. The van der Waals surface area contributed by atoms with Gasteiger partial charge in [0.2, 0.25) is 5.91 Å². The molecule has 0 fully saturated rings. The van der Waals surface area contributed by atoms with E-state index in [1.54, 1.807) is 12.1 Å². The number of alkyl halides is 3. The van der Waals surface area contributed by atoms with Gasteiger partial charge in [-0.05, 0) is 37.1 Å². The number of amides is 1. The van der Waals surface area contributed by atoms with Gasteiger partial charge >= 0.3 is 6.18 Å². The summed E-state index contributed by atoms with van der Waals surface area (Å²) in [5.74, 6) is -0.191. The molecule has 0 saturated heterocycles. The number of rotatable bonds is 4. The van der Waals surface area contributed by atoms with Crippen LogP contribution in [0.3, 0.4) is 0 Å². The molecule has 21 heavy (non-hydrogen) atoms. The summed E-state index contributed by atoms with van der Waals surface area (Å²) in [6.07, 6.45) is -2.95. The first-order valence-electron chi connectivity index (χ1n) is 6.86. The number of nitrogens with one attached hydrogen (secondary N) is 2. The number of carbonyl (C=O) groups excluding carboxylic acids is 1. The number of hydrogen-bond acceptors (Lipinski definition) is 1. The van der Waals surface area contributed by atoms with Crippen molar-refractivity contribution in [1.29, 1.82) is 0 Å². The maximum Gasteiger partial charge on any atom is 0.431 e. The van der Waals surface area contributed by atoms with Gasteiger partial charge in [-0.2, -0.15) is 13.2 Å². The van der Waals surface area contributed by atoms with E-state index in [4.69, 9.17) is 0 Å². The highest BCUT2D eigenvalue weighted by molar-refractivity contribution is 5.95. The van der Waals surface area contributed by atoms with Gasteiger partial charge in [-0.25, -0.2) is 0 Å². The van der Waals surface area contributed by atoms with Crippen LogP contribution in [0.15, 0.2) is 24.3 Å². The number of benzene rings is 1. The average molecular weight is 298 g/mol. The molecule has 2 N–H and O–H groups in total. The molecule has 1 heterocycles. The van der Waals surface area contributed by atoms with Crippen molar-refractivity contribution < 1.29 is 18.0 Å². The predicted molar refractivity (Wildman–Crippen MR) is 76.0 cm³/mol. The van der Waals surface area contributed by atoms with Gasteiger partial charge in [-0.15, -0.1) is 0 Å². The molecule has 6 heteroatoms. The minimum atomic E-state index is -4.40. The van der Waals surface area contributed by atoms with Crippen LogP contribution in [-0.2, 0) is 11.0 Å². The van der Waals surface area contributed by atoms with Crippen LogP contribution in [0.4, 0.5) is 18.9 Å². The first kappa shape index (κ1) is 15.4. The third kappa shape index (κ3) is 3.37. The van der Waals surface area contributed by atoms with E-state index in [2.05, 4.69) is 10.3 Å². The lowest BCUT2D eigenvalue weighted by Crippen LogP contribution is -2.21. The van der Waals surface area contributed by atoms with Crippen LogP contribution in [0.25, 0.3) is 10.9 Å². The quantitative estimate of drug-likeness (QED) is 0.853. The van der Waals surface area contributed by atoms with E-state index in [-0.39, 0.29) is 11.8 Å². The summed E-state index contributed by atoms with van der Waals surface area (Å²) in [7, 11) is 0. The third-order valence-corrected chi connectivity index (χ3v) is 3.55. The molecule has 2 aromatic rings. The minimum absolute atomic E-state index is 0.0855. The Kier molecular flexibility index (Phi) is 4.25. The topological polar surface area (TPSA) is 44.9 Å². The number of carbonyl (C=O) groups is 1. The standard InChI is InChI=1S/C15H17F3N2O/c1-3-9(4-2)14(21)19-11-5-6-12-10(7-11)8-13(20-12)15(16,17)18/h5-9,20H,3-4H2,1-2H3,(H,19,21). The molecule has 0 aliphatic carbocycles. The SMILES string of the molecule is CCC(CC)C(=O)Nc1ccc2[nH]c(C(F)(F)F)cc2c1. The maximum absolute atomic E-state index is 12.6. The van der Waals surface area contributed by atoms with E-state index in [9.17, 15) is 18.0 Å². The summed E-state index contributed by atoms with van der Waals surface area (Å²) in [6.45, 7) is 3.86. The summed E-state index contributed by atoms with van der Waals surface area (Å²) in [5, 5.41) is 3.17. The van der Waals surface area contributed by atoms with E-state index < -0.39 is 11.9 Å². The molecule has 2 rings (SSSR count). The lowest BCUT2D eigenvalue weighted by atomic mass is 10.0. The van der Waals surface area contributed by atoms with Crippen LogP contribution >= 0.6 is 0 Å². The highest BCUT2D eigenvalue weighted by Crippen LogP contribution is 2.32. The monoisotopic (exact) mass is 298 g/mol. The van der Waals surface area contributed by atoms with Gasteiger partial charge in [0.15, 0.2) is 0 Å². The van der Waals surface area contributed by atoms with Crippen molar-refractivity contribution in [1.82, 2.24) is 4.98 Å². The van der Waals surface area contributed by atoms with Crippen LogP contribution in [0.2, 0.25) is 0 Å². The second-order valence-corrected chi connectivity index (χ2v) is 4.99. The predicted octanol–water partition coefficient (Wildman–Crippen LogP) is 4.56. The summed E-state index contributed by atoms with van der Waals surface area (Å²) < 4.78 is 37.9. The second kappa shape index (κ2) is 5.79. The van der Waals surface area contributed by atoms with Gasteiger partial charge in [0.1, 0.15) is 5.69 Å². The van der Waals surface area contributed by atoms with Crippen molar-refractivity contribution >= 4 is 22.5 Å². The number of H-pyrrole nitrogens is 1. The largest absolute Gasteiger partial charge is 0.431 e. The molecule has 0 bridgehead atoms. The van der Waals surface area contributed by atoms with Crippen LogP contribution in [0.1, 0.15) is 32.4 Å². The molecule has 0 aliphatic rings. The average Bonchev–Trinajstić information content (AvgIpc) is 2.83. The normalized spacial score (nSPS) is 12.1. The van der Waals surface area contributed by atoms with Gasteiger partial charge in [0, 0.05) is 22.5 Å². The van der Waals surface area contributed by atoms with Gasteiger partial charge < -0.3 is 10.3 Å². The Labute approximate surface area is 120 Å². The summed E-state index contributed by atoms with van der Waals surface area (Å²) in [6, 6.07) is 5.72. The number of aromatic nitrogens is 1. The van der Waals surface area contributed by atoms with E-state index in [0.717, 1.165) is 18.9 Å². The number of aromatic amines is 1. The van der Waals surface area contributed by atoms with Crippen LogP contribution in [0.5, 0.6) is 0 Å². The van der Waals surface area contributed by atoms with Gasteiger partial charge in [-0.3, -0.25) is 4.79 Å². The van der Waals surface area contributed by atoms with Gasteiger partial charge in [0.05, 0.1) is 0 Å². The smallest absolute Gasteiger partial charge is 0.351 e. The number of anilines is 1. The first-order valence-corrected chi connectivity index (χ1v) is 6.86. The van der Waals surface area contributed by atoms with Crippen molar-refractivity contribution in [3.05, 3.63) is 30.0 Å². The molecule has 3 nitrogen and oxygen atoms in total. The van der Waals surface area contributed by atoms with E-state index in [0.29, 0.717) is 16.6 Å². The van der Waals surface area contributed by atoms with Crippen LogP contribution < -0.4 is 5.32 Å². The second-order valence-electron chi connectivity index (χ2n) is 4.99. The zero-order valence-corrected chi connectivity index (χ0v) is 11.8. The lowest BCUT2D eigenvalue weighted by molar-refractivity contribution is -0.140. The van der Waals surface area contributed by atoms with Crippen molar-refractivity contribution in [2.45, 2.75) is 32.9 Å². The van der Waals surface area contributed by atoms with E-state index in [1.165, 1.54) is 6.07 Å². The molecule has 0 radical (unpaired) electrons. The molecular weight excluding hydrogens is 281 g/mol. The fraction of sp³-hybridized carbons (Fsp3) is 0.400. The zero-order chi connectivity index (χ0) is 15.6. The summed E-state index contributed by atoms with van der Waals surface area (Å²) in [4.78, 5) is 14.3. The Morgan fingerprint density at radius 3 is 2.48 bits per heavy atom. The van der Waals surface area contributed by atoms with E-state index >= 15 is 0 Å². The summed E-state index contributed by atoms with van der Waals surface area (Å²) in [5.41, 5.74) is 0.107. The number of hydrogen-bond donors (Lipinski definition) is 2. The van der Waals surface area contributed by atoms with Crippen molar-refractivity contribution in [3.63, 3.8) is 0 Å². The molecule has 0 spiro atoms. The molecule has 114 valence electrons. The molecule has 1 aromatic heterocycles. The fourth-order valence-electron chi connectivity index (χ4n) is 2.27. The highest BCUT2D eigenvalue weighted by Gasteiger charge is 2.32. The molecule has 1 amide bonds. The Hall–Kier alpha value is -1.98. The van der Waals surface area contributed by atoms with E-state index in [1.807, 2.05) is 13.8 Å². The third-order valence-electron chi connectivity index (χ3n) is 3.55. The first-order chi connectivity index (χ1) is 9.85. The van der Waals surface area contributed by atoms with Crippen molar-refractivity contribution in [2.24, 2.45) is 5.92 Å². The Balaban J connectivity index is 2.25.